The summed E-state index contributed by atoms with van der Waals surface area (Å²) in [4.78, 5) is 10.8. The van der Waals surface area contributed by atoms with Crippen LogP contribution in [0.5, 0.6) is 0 Å². The van der Waals surface area contributed by atoms with Crippen molar-refractivity contribution in [2.24, 2.45) is 5.92 Å². The molecule has 0 aromatic carbocycles. The lowest BCUT2D eigenvalue weighted by atomic mass is 9.78. The van der Waals surface area contributed by atoms with Gasteiger partial charge in [0.2, 0.25) is 0 Å². The summed E-state index contributed by atoms with van der Waals surface area (Å²) in [5.74, 6) is -0.985. The smallest absolute Gasteiger partial charge is 0.306 e. The predicted octanol–water partition coefficient (Wildman–Crippen LogP) is 1.38. The number of nitrogens with one attached hydrogen (secondary N) is 1. The van der Waals surface area contributed by atoms with Crippen LogP contribution in [-0.2, 0) is 4.79 Å². The van der Waals surface area contributed by atoms with Crippen molar-refractivity contribution >= 4 is 5.97 Å². The van der Waals surface area contributed by atoms with Crippen molar-refractivity contribution in [3.8, 4) is 0 Å². The van der Waals surface area contributed by atoms with Gasteiger partial charge in [-0.05, 0) is 39.0 Å². The van der Waals surface area contributed by atoms with Crippen LogP contribution in [0.4, 0.5) is 0 Å². The highest BCUT2D eigenvalue weighted by Gasteiger charge is 2.35. The fraction of sp³-hybridized carbons (Fsp3) is 0.917. The third-order valence-electron chi connectivity index (χ3n) is 3.66. The topological polar surface area (TPSA) is 69.6 Å². The Bertz CT molecular complexity index is 234. The zero-order valence-corrected chi connectivity index (χ0v) is 10.2. The Balaban J connectivity index is 2.35. The van der Waals surface area contributed by atoms with Gasteiger partial charge in [0, 0.05) is 12.6 Å². The molecule has 0 aliphatic heterocycles. The molecule has 3 N–H and O–H groups in total. The van der Waals surface area contributed by atoms with E-state index in [9.17, 15) is 9.90 Å². The maximum absolute atomic E-state index is 10.8. The van der Waals surface area contributed by atoms with E-state index in [0.717, 1.165) is 6.42 Å². The number of aliphatic carboxylic acids is 1. The standard InChI is InChI=1S/C12H23NO3/c1-3-9(2)13-8-12(16)6-4-10(5-7-12)11(14)15/h9-10,13,16H,3-8H2,1-2H3,(H,14,15). The molecule has 1 unspecified atom stereocenters. The van der Waals surface area contributed by atoms with Crippen LogP contribution in [0.3, 0.4) is 0 Å². The van der Waals surface area contributed by atoms with Crippen molar-refractivity contribution in [2.75, 3.05) is 6.54 Å². The maximum atomic E-state index is 10.8. The van der Waals surface area contributed by atoms with Gasteiger partial charge in [-0.2, -0.15) is 0 Å². The number of carboxylic acids is 1. The van der Waals surface area contributed by atoms with E-state index in [1.807, 2.05) is 0 Å². The molecule has 4 nitrogen and oxygen atoms in total. The summed E-state index contributed by atoms with van der Waals surface area (Å²) in [7, 11) is 0. The molecule has 1 aliphatic rings. The molecule has 0 spiro atoms. The Morgan fingerprint density at radius 2 is 2.06 bits per heavy atom. The SMILES string of the molecule is CCC(C)NCC1(O)CCC(C(=O)O)CC1. The van der Waals surface area contributed by atoms with E-state index in [4.69, 9.17) is 5.11 Å². The van der Waals surface area contributed by atoms with Gasteiger partial charge in [-0.25, -0.2) is 0 Å². The van der Waals surface area contributed by atoms with Gasteiger partial charge in [0.25, 0.3) is 0 Å². The Kier molecular flexibility index (Phi) is 4.74. The summed E-state index contributed by atoms with van der Waals surface area (Å²) >= 11 is 0. The van der Waals surface area contributed by atoms with Crippen LogP contribution in [0.15, 0.2) is 0 Å². The molecule has 0 aromatic heterocycles. The third kappa shape index (κ3) is 3.76. The van der Waals surface area contributed by atoms with Gasteiger partial charge in [-0.15, -0.1) is 0 Å². The van der Waals surface area contributed by atoms with Crippen LogP contribution in [0.2, 0.25) is 0 Å². The highest BCUT2D eigenvalue weighted by Crippen LogP contribution is 2.31. The van der Waals surface area contributed by atoms with Gasteiger partial charge in [0.15, 0.2) is 0 Å². The molecule has 1 fully saturated rings. The molecule has 4 heteroatoms. The van der Waals surface area contributed by atoms with Gasteiger partial charge in [-0.3, -0.25) is 4.79 Å². The molecule has 0 radical (unpaired) electrons. The molecule has 1 rings (SSSR count). The van der Waals surface area contributed by atoms with E-state index in [-0.39, 0.29) is 5.92 Å². The second-order valence-electron chi connectivity index (χ2n) is 5.03. The van der Waals surface area contributed by atoms with Crippen LogP contribution < -0.4 is 5.32 Å². The van der Waals surface area contributed by atoms with E-state index in [2.05, 4.69) is 19.2 Å². The van der Waals surface area contributed by atoms with Crippen molar-refractivity contribution in [3.63, 3.8) is 0 Å². The van der Waals surface area contributed by atoms with Gasteiger partial charge < -0.3 is 15.5 Å². The Labute approximate surface area is 97.0 Å². The average molecular weight is 229 g/mol. The van der Waals surface area contributed by atoms with Gasteiger partial charge in [-0.1, -0.05) is 6.92 Å². The number of carbonyl (C=O) groups is 1. The van der Waals surface area contributed by atoms with Crippen LogP contribution in [0, 0.1) is 5.92 Å². The fourth-order valence-corrected chi connectivity index (χ4v) is 2.09. The van der Waals surface area contributed by atoms with E-state index in [1.165, 1.54) is 0 Å². The number of rotatable bonds is 5. The number of hydrogen-bond donors (Lipinski definition) is 3. The monoisotopic (exact) mass is 229 g/mol. The fourth-order valence-electron chi connectivity index (χ4n) is 2.09. The summed E-state index contributed by atoms with van der Waals surface area (Å²) in [5, 5.41) is 22.4. The Morgan fingerprint density at radius 1 is 1.50 bits per heavy atom. The highest BCUT2D eigenvalue weighted by molar-refractivity contribution is 5.70. The minimum atomic E-state index is -0.725. The molecule has 1 aliphatic carbocycles. The maximum Gasteiger partial charge on any atom is 0.306 e. The molecule has 0 bridgehead atoms. The summed E-state index contributed by atoms with van der Waals surface area (Å²) in [5.41, 5.74) is -0.699. The van der Waals surface area contributed by atoms with E-state index >= 15 is 0 Å². The minimum Gasteiger partial charge on any atom is -0.481 e. The quantitative estimate of drug-likeness (QED) is 0.666. The first-order valence-electron chi connectivity index (χ1n) is 6.15. The predicted molar refractivity (Wildman–Crippen MR) is 62.3 cm³/mol. The van der Waals surface area contributed by atoms with Crippen LogP contribution in [0.25, 0.3) is 0 Å². The van der Waals surface area contributed by atoms with Gasteiger partial charge in [0.1, 0.15) is 0 Å². The number of hydrogen-bond acceptors (Lipinski definition) is 3. The lowest BCUT2D eigenvalue weighted by Crippen LogP contribution is -2.46. The number of carboxylic acid groups (broad SMARTS) is 1. The van der Waals surface area contributed by atoms with Crippen molar-refractivity contribution in [1.82, 2.24) is 5.32 Å². The molecule has 1 saturated carbocycles. The molecule has 0 aromatic rings. The third-order valence-corrected chi connectivity index (χ3v) is 3.66. The first-order chi connectivity index (χ1) is 7.47. The van der Waals surface area contributed by atoms with Crippen molar-refractivity contribution in [1.29, 1.82) is 0 Å². The molecular weight excluding hydrogens is 206 g/mol. The van der Waals surface area contributed by atoms with Gasteiger partial charge >= 0.3 is 5.97 Å². The summed E-state index contributed by atoms with van der Waals surface area (Å²) in [6, 6.07) is 0.404. The summed E-state index contributed by atoms with van der Waals surface area (Å²) < 4.78 is 0. The molecule has 1 atom stereocenters. The van der Waals surface area contributed by atoms with E-state index in [1.54, 1.807) is 0 Å². The van der Waals surface area contributed by atoms with Crippen LogP contribution in [0.1, 0.15) is 46.0 Å². The molecular formula is C12H23NO3. The van der Waals surface area contributed by atoms with Crippen LogP contribution in [-0.4, -0.2) is 34.4 Å². The molecule has 94 valence electrons. The summed E-state index contributed by atoms with van der Waals surface area (Å²) in [6.45, 7) is 4.77. The highest BCUT2D eigenvalue weighted by atomic mass is 16.4. The van der Waals surface area contributed by atoms with Gasteiger partial charge in [0.05, 0.1) is 11.5 Å². The zero-order chi connectivity index (χ0) is 12.2. The van der Waals surface area contributed by atoms with Crippen molar-refractivity contribution < 1.29 is 15.0 Å². The largest absolute Gasteiger partial charge is 0.481 e. The van der Waals surface area contributed by atoms with Crippen molar-refractivity contribution in [3.05, 3.63) is 0 Å². The molecule has 16 heavy (non-hydrogen) atoms. The second-order valence-corrected chi connectivity index (χ2v) is 5.03. The normalized spacial score (nSPS) is 32.3. The lowest BCUT2D eigenvalue weighted by Gasteiger charge is -2.35. The average Bonchev–Trinajstić information content (AvgIpc) is 2.26. The number of aliphatic hydroxyl groups is 1. The summed E-state index contributed by atoms with van der Waals surface area (Å²) in [6.07, 6.45) is 3.40. The zero-order valence-electron chi connectivity index (χ0n) is 10.2. The Hall–Kier alpha value is -0.610. The van der Waals surface area contributed by atoms with Crippen LogP contribution >= 0.6 is 0 Å². The minimum absolute atomic E-state index is 0.260. The lowest BCUT2D eigenvalue weighted by molar-refractivity contribution is -0.144. The van der Waals surface area contributed by atoms with E-state index < -0.39 is 11.6 Å². The first kappa shape index (κ1) is 13.5. The molecule has 0 amide bonds. The van der Waals surface area contributed by atoms with E-state index in [0.29, 0.717) is 38.3 Å². The first-order valence-corrected chi connectivity index (χ1v) is 6.15. The second kappa shape index (κ2) is 5.64. The molecule has 0 saturated heterocycles. The van der Waals surface area contributed by atoms with Crippen molar-refractivity contribution in [2.45, 2.75) is 57.6 Å². The molecule has 0 heterocycles. The Morgan fingerprint density at radius 3 is 2.50 bits per heavy atom.